The molecule has 1 aromatic heterocycles. The van der Waals surface area contributed by atoms with Gasteiger partial charge in [-0.2, -0.15) is 4.99 Å². The van der Waals surface area contributed by atoms with E-state index in [0.29, 0.717) is 11.8 Å². The Balaban J connectivity index is 1.86. The number of anilines is 1. The van der Waals surface area contributed by atoms with Crippen LogP contribution in [0.2, 0.25) is 0 Å². The lowest BCUT2D eigenvalue weighted by Gasteiger charge is -2.45. The second-order valence-electron chi connectivity index (χ2n) is 6.54. The first-order valence-corrected chi connectivity index (χ1v) is 8.55. The molecule has 2 aliphatic rings. The van der Waals surface area contributed by atoms with Gasteiger partial charge in [-0.25, -0.2) is 9.98 Å². The number of pyridine rings is 1. The number of rotatable bonds is 2. The number of guanidine groups is 2. The average molecular weight is 338 g/mol. The molecule has 0 atom stereocenters. The molecule has 130 valence electrons. The van der Waals surface area contributed by atoms with E-state index in [1.807, 2.05) is 29.2 Å². The quantitative estimate of drug-likeness (QED) is 0.875. The van der Waals surface area contributed by atoms with Crippen LogP contribution in [0.15, 0.2) is 40.4 Å². The molecule has 0 saturated heterocycles. The highest BCUT2D eigenvalue weighted by Crippen LogP contribution is 2.40. The number of nitrogens with zero attached hydrogens (tertiary/aromatic N) is 4. The lowest BCUT2D eigenvalue weighted by molar-refractivity contribution is 0.305. The first-order valence-electron chi connectivity index (χ1n) is 8.55. The molecule has 7 heteroatoms. The molecule has 0 amide bonds. The van der Waals surface area contributed by atoms with Crippen molar-refractivity contribution in [3.63, 3.8) is 0 Å². The fourth-order valence-electron chi connectivity index (χ4n) is 3.93. The minimum absolute atomic E-state index is 0.260. The molecule has 25 heavy (non-hydrogen) atoms. The third kappa shape index (κ3) is 2.56. The Kier molecular flexibility index (Phi) is 3.71. The zero-order valence-corrected chi connectivity index (χ0v) is 14.3. The second-order valence-corrected chi connectivity index (χ2v) is 6.54. The fraction of sp³-hybridized carbons (Fsp3) is 0.389. The van der Waals surface area contributed by atoms with Crippen LogP contribution in [-0.2, 0) is 0 Å². The van der Waals surface area contributed by atoms with Crippen LogP contribution in [0.4, 0.5) is 5.69 Å². The minimum atomic E-state index is -0.447. The van der Waals surface area contributed by atoms with E-state index in [2.05, 4.69) is 9.98 Å². The zero-order valence-electron chi connectivity index (χ0n) is 14.3. The monoisotopic (exact) mass is 338 g/mol. The third-order valence-corrected chi connectivity index (χ3v) is 5.02. The topological polar surface area (TPSA) is 102 Å². The molecule has 1 aromatic carbocycles. The van der Waals surface area contributed by atoms with Crippen LogP contribution in [0.5, 0.6) is 5.88 Å². The number of hydrogen-bond acceptors (Lipinski definition) is 7. The van der Waals surface area contributed by atoms with Gasteiger partial charge < -0.3 is 16.2 Å². The number of ether oxygens (including phenoxy) is 1. The lowest BCUT2D eigenvalue weighted by atomic mass is 9.87. The molecule has 0 radical (unpaired) electrons. The van der Waals surface area contributed by atoms with Gasteiger partial charge >= 0.3 is 0 Å². The first kappa shape index (κ1) is 15.7. The molecular formula is C18H22N6O. The second kappa shape index (κ2) is 5.91. The molecule has 0 unspecified atom stereocenters. The normalized spacial score (nSPS) is 19.6. The predicted octanol–water partition coefficient (Wildman–Crippen LogP) is 2.35. The van der Waals surface area contributed by atoms with Crippen LogP contribution in [0.3, 0.4) is 0 Å². The van der Waals surface area contributed by atoms with E-state index in [1.54, 1.807) is 13.3 Å². The summed E-state index contributed by atoms with van der Waals surface area (Å²) in [6, 6.07) is 8.08. The SMILES string of the molecule is COc1nccc2ccc(N3C(N)=NC(N)=NC34CCCCC4)cc12. The van der Waals surface area contributed by atoms with Crippen LogP contribution < -0.4 is 21.1 Å². The van der Waals surface area contributed by atoms with Crippen molar-refractivity contribution in [1.82, 2.24) is 4.98 Å². The van der Waals surface area contributed by atoms with Gasteiger partial charge in [-0.15, -0.1) is 0 Å². The van der Waals surface area contributed by atoms with Crippen LogP contribution >= 0.6 is 0 Å². The lowest BCUT2D eigenvalue weighted by Crippen LogP contribution is -2.58. The van der Waals surface area contributed by atoms with E-state index < -0.39 is 5.66 Å². The zero-order chi connectivity index (χ0) is 17.4. The molecule has 2 heterocycles. The van der Waals surface area contributed by atoms with E-state index >= 15 is 0 Å². The van der Waals surface area contributed by atoms with E-state index in [4.69, 9.17) is 21.2 Å². The van der Waals surface area contributed by atoms with Crippen molar-refractivity contribution >= 4 is 28.4 Å². The van der Waals surface area contributed by atoms with Gasteiger partial charge in [0.2, 0.25) is 17.8 Å². The number of fused-ring (bicyclic) bond motifs is 1. The Hall–Kier alpha value is -2.83. The van der Waals surface area contributed by atoms with E-state index in [-0.39, 0.29) is 5.96 Å². The van der Waals surface area contributed by atoms with Gasteiger partial charge in [0, 0.05) is 17.3 Å². The van der Waals surface area contributed by atoms with Crippen molar-refractivity contribution in [2.24, 2.45) is 21.5 Å². The first-order chi connectivity index (χ1) is 12.1. The van der Waals surface area contributed by atoms with E-state index in [9.17, 15) is 0 Å². The highest BCUT2D eigenvalue weighted by Gasteiger charge is 2.42. The summed E-state index contributed by atoms with van der Waals surface area (Å²) in [5.41, 5.74) is 12.7. The Morgan fingerprint density at radius 1 is 1.12 bits per heavy atom. The van der Waals surface area contributed by atoms with Gasteiger partial charge in [0.25, 0.3) is 0 Å². The van der Waals surface area contributed by atoms with Crippen LogP contribution in [0.25, 0.3) is 10.8 Å². The molecule has 1 aliphatic heterocycles. The number of hydrogen-bond donors (Lipinski definition) is 2. The van der Waals surface area contributed by atoms with Crippen LogP contribution in [0.1, 0.15) is 32.1 Å². The molecule has 4 N–H and O–H groups in total. The summed E-state index contributed by atoms with van der Waals surface area (Å²) in [6.07, 6.45) is 6.96. The van der Waals surface area contributed by atoms with Gasteiger partial charge in [-0.05, 0) is 49.3 Å². The highest BCUT2D eigenvalue weighted by atomic mass is 16.5. The Bertz CT molecular complexity index is 869. The molecule has 4 rings (SSSR count). The molecule has 1 aliphatic carbocycles. The van der Waals surface area contributed by atoms with Crippen molar-refractivity contribution in [2.45, 2.75) is 37.8 Å². The summed E-state index contributed by atoms with van der Waals surface area (Å²) >= 11 is 0. The predicted molar refractivity (Wildman–Crippen MR) is 99.8 cm³/mol. The summed E-state index contributed by atoms with van der Waals surface area (Å²) < 4.78 is 5.41. The summed E-state index contributed by atoms with van der Waals surface area (Å²) in [4.78, 5) is 15.2. The summed E-state index contributed by atoms with van der Waals surface area (Å²) in [5.74, 6) is 1.24. The number of nitrogens with two attached hydrogens (primary N) is 2. The largest absolute Gasteiger partial charge is 0.481 e. The molecule has 7 nitrogen and oxygen atoms in total. The van der Waals surface area contributed by atoms with Gasteiger partial charge in [0.15, 0.2) is 0 Å². The smallest absolute Gasteiger partial charge is 0.221 e. The maximum Gasteiger partial charge on any atom is 0.221 e. The summed E-state index contributed by atoms with van der Waals surface area (Å²) in [7, 11) is 1.62. The molecule has 1 fully saturated rings. The van der Waals surface area contributed by atoms with Crippen LogP contribution in [0, 0.1) is 0 Å². The van der Waals surface area contributed by atoms with Crippen molar-refractivity contribution in [2.75, 3.05) is 12.0 Å². The Morgan fingerprint density at radius 3 is 2.68 bits per heavy atom. The van der Waals surface area contributed by atoms with E-state index in [0.717, 1.165) is 42.1 Å². The Morgan fingerprint density at radius 2 is 1.92 bits per heavy atom. The highest BCUT2D eigenvalue weighted by molar-refractivity contribution is 6.06. The summed E-state index contributed by atoms with van der Waals surface area (Å²) in [5, 5.41) is 1.99. The standard InChI is InChI=1S/C18H22N6O/c1-25-15-14-11-13(6-5-12(14)7-10-21-15)24-17(20)22-16(19)23-18(24)8-3-2-4-9-18/h5-7,10-11H,2-4,8-9H2,1H3,(H4,19,20,22,23). The van der Waals surface area contributed by atoms with Crippen molar-refractivity contribution in [3.05, 3.63) is 30.5 Å². The molecule has 1 spiro atoms. The maximum atomic E-state index is 6.29. The van der Waals surface area contributed by atoms with Crippen molar-refractivity contribution in [3.8, 4) is 5.88 Å². The Labute approximate surface area is 146 Å². The number of aliphatic imine (C=N–C) groups is 2. The number of aromatic nitrogens is 1. The van der Waals surface area contributed by atoms with Crippen molar-refractivity contribution < 1.29 is 4.74 Å². The van der Waals surface area contributed by atoms with E-state index in [1.165, 1.54) is 6.42 Å². The average Bonchev–Trinajstić information content (AvgIpc) is 2.61. The number of methoxy groups -OCH3 is 1. The fourth-order valence-corrected chi connectivity index (χ4v) is 3.93. The van der Waals surface area contributed by atoms with Gasteiger partial charge in [0.05, 0.1) is 7.11 Å². The third-order valence-electron chi connectivity index (χ3n) is 5.02. The maximum absolute atomic E-state index is 6.29. The summed E-state index contributed by atoms with van der Waals surface area (Å²) in [6.45, 7) is 0. The van der Waals surface area contributed by atoms with Gasteiger partial charge in [-0.3, -0.25) is 4.90 Å². The minimum Gasteiger partial charge on any atom is -0.481 e. The molecule has 1 saturated carbocycles. The van der Waals surface area contributed by atoms with Crippen molar-refractivity contribution in [1.29, 1.82) is 0 Å². The van der Waals surface area contributed by atoms with Gasteiger partial charge in [0.1, 0.15) is 5.66 Å². The number of benzene rings is 1. The molecule has 2 aromatic rings. The molecule has 0 bridgehead atoms. The molecular weight excluding hydrogens is 316 g/mol. The van der Waals surface area contributed by atoms with Gasteiger partial charge in [-0.1, -0.05) is 12.5 Å². The van der Waals surface area contributed by atoms with Crippen LogP contribution in [-0.4, -0.2) is 29.7 Å².